The van der Waals surface area contributed by atoms with Crippen molar-refractivity contribution in [1.29, 1.82) is 0 Å². The average Bonchev–Trinajstić information content (AvgIpc) is 2.99. The molecule has 3 heteroatoms. The molecule has 1 unspecified atom stereocenters. The number of anilines is 1. The molecular weight excluding hydrogens is 322 g/mol. The first-order valence-corrected chi connectivity index (χ1v) is 8.57. The Labute approximate surface area is 152 Å². The summed E-state index contributed by atoms with van der Waals surface area (Å²) in [5.74, 6) is 0.829. The second-order valence-corrected chi connectivity index (χ2v) is 6.23. The largest absolute Gasteiger partial charge is 0.497 e. The number of nitrogens with one attached hydrogen (secondary N) is 1. The summed E-state index contributed by atoms with van der Waals surface area (Å²) in [5, 5.41) is 3.26. The van der Waals surface area contributed by atoms with E-state index in [9.17, 15) is 4.79 Å². The van der Waals surface area contributed by atoms with Crippen molar-refractivity contribution in [3.8, 4) is 5.75 Å². The number of ketones is 1. The van der Waals surface area contributed by atoms with Gasteiger partial charge in [0.05, 0.1) is 7.11 Å². The Kier molecular flexibility index (Phi) is 4.28. The molecule has 0 bridgehead atoms. The van der Waals surface area contributed by atoms with Crippen molar-refractivity contribution in [2.75, 3.05) is 12.4 Å². The second-order valence-electron chi connectivity index (χ2n) is 6.23. The fraction of sp³-hybridized carbons (Fsp3) is 0.0870. The van der Waals surface area contributed by atoms with Crippen molar-refractivity contribution in [3.05, 3.63) is 107 Å². The number of rotatable bonds is 4. The first kappa shape index (κ1) is 16.2. The van der Waals surface area contributed by atoms with Gasteiger partial charge in [0.15, 0.2) is 5.78 Å². The third kappa shape index (κ3) is 2.88. The first-order valence-electron chi connectivity index (χ1n) is 8.57. The lowest BCUT2D eigenvalue weighted by Crippen LogP contribution is -2.05. The van der Waals surface area contributed by atoms with Crippen LogP contribution in [0.3, 0.4) is 0 Å². The highest BCUT2D eigenvalue weighted by molar-refractivity contribution is 6.15. The van der Waals surface area contributed by atoms with E-state index in [2.05, 4.69) is 17.4 Å². The molecule has 0 aromatic heterocycles. The molecular formula is C23H19NO2. The van der Waals surface area contributed by atoms with Crippen LogP contribution in [0.1, 0.15) is 27.4 Å². The molecule has 1 aliphatic carbocycles. The van der Waals surface area contributed by atoms with Gasteiger partial charge < -0.3 is 10.1 Å². The van der Waals surface area contributed by atoms with Gasteiger partial charge in [0.2, 0.25) is 0 Å². The van der Waals surface area contributed by atoms with Gasteiger partial charge in [0.1, 0.15) is 5.75 Å². The molecule has 0 fully saturated rings. The summed E-state index contributed by atoms with van der Waals surface area (Å²) in [6, 6.07) is 25.6. The number of carbonyl (C=O) groups excluding carboxylic acids is 1. The maximum Gasteiger partial charge on any atom is 0.191 e. The molecule has 0 radical (unpaired) electrons. The van der Waals surface area contributed by atoms with E-state index < -0.39 is 0 Å². The summed E-state index contributed by atoms with van der Waals surface area (Å²) in [6.45, 7) is 0. The number of carbonyl (C=O) groups is 1. The van der Waals surface area contributed by atoms with Crippen molar-refractivity contribution >= 4 is 11.5 Å². The molecule has 128 valence electrons. The van der Waals surface area contributed by atoms with Crippen LogP contribution in [-0.4, -0.2) is 12.9 Å². The Morgan fingerprint density at radius 1 is 0.885 bits per heavy atom. The quantitative estimate of drug-likeness (QED) is 0.677. The molecule has 0 amide bonds. The van der Waals surface area contributed by atoms with Crippen LogP contribution in [0.15, 0.2) is 90.6 Å². The van der Waals surface area contributed by atoms with Gasteiger partial charge in [-0.15, -0.1) is 0 Å². The van der Waals surface area contributed by atoms with Crippen molar-refractivity contribution in [2.24, 2.45) is 0 Å². The van der Waals surface area contributed by atoms with Gasteiger partial charge in [-0.2, -0.15) is 0 Å². The number of allylic oxidation sites excluding steroid dienone is 1. The summed E-state index contributed by atoms with van der Waals surface area (Å²) in [6.07, 6.45) is 1.84. The van der Waals surface area contributed by atoms with E-state index in [0.717, 1.165) is 33.7 Å². The van der Waals surface area contributed by atoms with Gasteiger partial charge in [0.25, 0.3) is 0 Å². The molecule has 26 heavy (non-hydrogen) atoms. The fourth-order valence-electron chi connectivity index (χ4n) is 3.41. The van der Waals surface area contributed by atoms with Crippen molar-refractivity contribution in [3.63, 3.8) is 0 Å². The monoisotopic (exact) mass is 341 g/mol. The van der Waals surface area contributed by atoms with Gasteiger partial charge in [-0.05, 0) is 35.4 Å². The smallest absolute Gasteiger partial charge is 0.191 e. The number of hydrogen-bond donors (Lipinski definition) is 1. The van der Waals surface area contributed by atoms with E-state index in [0.29, 0.717) is 0 Å². The third-order valence-corrected chi connectivity index (χ3v) is 4.71. The maximum atomic E-state index is 13.0. The van der Waals surface area contributed by atoms with E-state index >= 15 is 0 Å². The predicted octanol–water partition coefficient (Wildman–Crippen LogP) is 5.02. The van der Waals surface area contributed by atoms with Crippen LogP contribution in [0.4, 0.5) is 5.69 Å². The lowest BCUT2D eigenvalue weighted by atomic mass is 9.90. The number of benzene rings is 3. The van der Waals surface area contributed by atoms with Gasteiger partial charge >= 0.3 is 0 Å². The molecule has 0 spiro atoms. The van der Waals surface area contributed by atoms with Gasteiger partial charge in [-0.25, -0.2) is 0 Å². The normalized spacial score (nSPS) is 17.2. The summed E-state index contributed by atoms with van der Waals surface area (Å²) in [7, 11) is 1.64. The van der Waals surface area contributed by atoms with Crippen LogP contribution >= 0.6 is 0 Å². The van der Waals surface area contributed by atoms with Crippen molar-refractivity contribution < 1.29 is 9.53 Å². The Morgan fingerprint density at radius 3 is 2.31 bits per heavy atom. The minimum atomic E-state index is -0.0503. The topological polar surface area (TPSA) is 38.3 Å². The number of fused-ring (bicyclic) bond motifs is 1. The number of methoxy groups -OCH3 is 1. The van der Waals surface area contributed by atoms with Gasteiger partial charge in [-0.3, -0.25) is 4.79 Å². The minimum Gasteiger partial charge on any atom is -0.497 e. The van der Waals surface area contributed by atoms with Crippen LogP contribution < -0.4 is 10.1 Å². The molecule has 3 aromatic carbocycles. The fourth-order valence-corrected chi connectivity index (χ4v) is 3.41. The lowest BCUT2D eigenvalue weighted by molar-refractivity contribution is 0.103. The van der Waals surface area contributed by atoms with Gasteiger partial charge in [-0.1, -0.05) is 54.6 Å². The number of ether oxygens (including phenoxy) is 1. The summed E-state index contributed by atoms with van der Waals surface area (Å²) >= 11 is 0. The van der Waals surface area contributed by atoms with Gasteiger partial charge in [0, 0.05) is 28.9 Å². The van der Waals surface area contributed by atoms with E-state index in [-0.39, 0.29) is 11.7 Å². The van der Waals surface area contributed by atoms with E-state index in [1.807, 2.05) is 72.9 Å². The van der Waals surface area contributed by atoms with Crippen LogP contribution in [0.25, 0.3) is 0 Å². The second kappa shape index (κ2) is 6.89. The minimum absolute atomic E-state index is 0.0503. The Hall–Kier alpha value is -3.33. The zero-order valence-corrected chi connectivity index (χ0v) is 14.5. The molecule has 1 aliphatic rings. The maximum absolute atomic E-state index is 13.0. The van der Waals surface area contributed by atoms with Crippen molar-refractivity contribution in [2.45, 2.75) is 5.92 Å². The molecule has 3 aromatic rings. The predicted molar refractivity (Wildman–Crippen MR) is 104 cm³/mol. The molecule has 4 rings (SSSR count). The van der Waals surface area contributed by atoms with Crippen molar-refractivity contribution in [1.82, 2.24) is 0 Å². The SMILES string of the molecule is COc1ccc(N/C=C2/C(=O)c3ccccc3C2c2ccccc2)cc1. The van der Waals surface area contributed by atoms with Crippen LogP contribution in [0, 0.1) is 0 Å². The van der Waals surface area contributed by atoms with Crippen LogP contribution in [0.2, 0.25) is 0 Å². The zero-order chi connectivity index (χ0) is 17.9. The molecule has 0 saturated carbocycles. The summed E-state index contributed by atoms with van der Waals surface area (Å²) in [4.78, 5) is 13.0. The standard InChI is InChI=1S/C23H19NO2/c1-26-18-13-11-17(12-14-18)24-15-21-22(16-7-3-2-4-8-16)19-9-5-6-10-20(19)23(21)25/h2-15,22,24H,1H3/b21-15+. The molecule has 0 heterocycles. The highest BCUT2D eigenvalue weighted by Crippen LogP contribution is 2.41. The lowest BCUT2D eigenvalue weighted by Gasteiger charge is -2.14. The Morgan fingerprint density at radius 2 is 1.58 bits per heavy atom. The zero-order valence-electron chi connectivity index (χ0n) is 14.5. The highest BCUT2D eigenvalue weighted by atomic mass is 16.5. The average molecular weight is 341 g/mol. The number of hydrogen-bond acceptors (Lipinski definition) is 3. The molecule has 1 atom stereocenters. The van der Waals surface area contributed by atoms with E-state index in [1.165, 1.54) is 0 Å². The number of Topliss-reactive ketones (excluding diaryl/α,β-unsaturated/α-hetero) is 1. The first-order chi connectivity index (χ1) is 12.8. The summed E-state index contributed by atoms with van der Waals surface area (Å²) in [5.41, 5.74) is 4.63. The Balaban J connectivity index is 1.72. The highest BCUT2D eigenvalue weighted by Gasteiger charge is 2.35. The molecule has 1 N–H and O–H groups in total. The van der Waals surface area contributed by atoms with Crippen LogP contribution in [-0.2, 0) is 0 Å². The molecule has 0 saturated heterocycles. The van der Waals surface area contributed by atoms with E-state index in [1.54, 1.807) is 7.11 Å². The third-order valence-electron chi connectivity index (χ3n) is 4.71. The molecule has 0 aliphatic heterocycles. The Bertz CT molecular complexity index is 959. The van der Waals surface area contributed by atoms with Crippen LogP contribution in [0.5, 0.6) is 5.75 Å². The summed E-state index contributed by atoms with van der Waals surface area (Å²) < 4.78 is 5.18. The molecule has 3 nitrogen and oxygen atoms in total. The van der Waals surface area contributed by atoms with E-state index in [4.69, 9.17) is 4.74 Å².